The molecule has 0 saturated carbocycles. The summed E-state index contributed by atoms with van der Waals surface area (Å²) in [5.41, 5.74) is 2.38. The second-order valence-corrected chi connectivity index (χ2v) is 2.84. The molecule has 0 aliphatic heterocycles. The molecule has 0 aromatic heterocycles. The van der Waals surface area contributed by atoms with Crippen molar-refractivity contribution < 1.29 is 4.74 Å². The molecule has 1 rings (SSSR count). The van der Waals surface area contributed by atoms with E-state index in [0.29, 0.717) is 5.75 Å². The molecule has 0 aliphatic rings. The fraction of sp³-hybridized carbons (Fsp3) is 0.364. The summed E-state index contributed by atoms with van der Waals surface area (Å²) in [6.07, 6.45) is 3.60. The molecule has 0 saturated heterocycles. The number of ether oxygens (including phenoxy) is 1. The standard InChI is InChI=1S/C11H13NO/c1-3-9-5-6-11(13-8-12)10(4-2)7-9/h5-7H,3-4H2,1-2H3. The summed E-state index contributed by atoms with van der Waals surface area (Å²) in [6.45, 7) is 4.17. The quantitative estimate of drug-likeness (QED) is 0.661. The fourth-order valence-corrected chi connectivity index (χ4v) is 1.28. The minimum atomic E-state index is 0.683. The van der Waals surface area contributed by atoms with E-state index in [2.05, 4.69) is 19.9 Å². The highest BCUT2D eigenvalue weighted by atomic mass is 16.5. The average molecular weight is 175 g/mol. The maximum Gasteiger partial charge on any atom is 0.292 e. The van der Waals surface area contributed by atoms with Gasteiger partial charge in [-0.3, -0.25) is 0 Å². The molecule has 0 aliphatic carbocycles. The van der Waals surface area contributed by atoms with Gasteiger partial charge in [-0.15, -0.1) is 5.26 Å². The molecule has 0 unspecified atom stereocenters. The van der Waals surface area contributed by atoms with Crippen molar-refractivity contribution >= 4 is 0 Å². The van der Waals surface area contributed by atoms with E-state index >= 15 is 0 Å². The lowest BCUT2D eigenvalue weighted by molar-refractivity contribution is 0.500. The minimum Gasteiger partial charge on any atom is -0.388 e. The van der Waals surface area contributed by atoms with Gasteiger partial charge in [-0.25, -0.2) is 0 Å². The van der Waals surface area contributed by atoms with E-state index in [-0.39, 0.29) is 0 Å². The third-order valence-corrected chi connectivity index (χ3v) is 2.07. The Morgan fingerprint density at radius 3 is 2.62 bits per heavy atom. The van der Waals surface area contributed by atoms with Gasteiger partial charge in [0.1, 0.15) is 5.75 Å². The molecule has 0 heterocycles. The molecule has 0 fully saturated rings. The molecule has 68 valence electrons. The third kappa shape index (κ3) is 2.22. The molecule has 0 bridgehead atoms. The van der Waals surface area contributed by atoms with Crippen LogP contribution in [-0.2, 0) is 12.8 Å². The number of hydrogen-bond donors (Lipinski definition) is 0. The van der Waals surface area contributed by atoms with Crippen molar-refractivity contribution in [3.8, 4) is 12.0 Å². The normalized spacial score (nSPS) is 9.31. The van der Waals surface area contributed by atoms with E-state index in [4.69, 9.17) is 10.00 Å². The van der Waals surface area contributed by atoms with Crippen molar-refractivity contribution in [3.05, 3.63) is 29.3 Å². The third-order valence-electron chi connectivity index (χ3n) is 2.07. The lowest BCUT2D eigenvalue weighted by Gasteiger charge is -2.05. The van der Waals surface area contributed by atoms with Crippen LogP contribution in [0.15, 0.2) is 18.2 Å². The van der Waals surface area contributed by atoms with E-state index in [1.165, 1.54) is 5.56 Å². The van der Waals surface area contributed by atoms with E-state index in [1.807, 2.05) is 12.1 Å². The Balaban J connectivity index is 3.02. The van der Waals surface area contributed by atoms with Crippen LogP contribution in [0.5, 0.6) is 5.75 Å². The van der Waals surface area contributed by atoms with Gasteiger partial charge in [-0.2, -0.15) is 0 Å². The molecule has 0 N–H and O–H groups in total. The van der Waals surface area contributed by atoms with Crippen LogP contribution in [0, 0.1) is 11.5 Å². The largest absolute Gasteiger partial charge is 0.388 e. The van der Waals surface area contributed by atoms with Crippen molar-refractivity contribution in [2.75, 3.05) is 0 Å². The minimum absolute atomic E-state index is 0.683. The number of nitriles is 1. The van der Waals surface area contributed by atoms with Gasteiger partial charge in [-0.05, 0) is 30.0 Å². The molecule has 0 atom stereocenters. The van der Waals surface area contributed by atoms with Gasteiger partial charge in [0, 0.05) is 0 Å². The highest BCUT2D eigenvalue weighted by molar-refractivity contribution is 5.37. The van der Waals surface area contributed by atoms with Crippen LogP contribution in [0.4, 0.5) is 0 Å². The predicted octanol–water partition coefficient (Wildman–Crippen LogP) is 2.67. The Kier molecular flexibility index (Phi) is 3.33. The second-order valence-electron chi connectivity index (χ2n) is 2.84. The molecule has 1 aromatic rings. The topological polar surface area (TPSA) is 33.0 Å². The van der Waals surface area contributed by atoms with Gasteiger partial charge in [0.25, 0.3) is 6.26 Å². The molecular formula is C11H13NO. The van der Waals surface area contributed by atoms with Crippen LogP contribution < -0.4 is 4.74 Å². The van der Waals surface area contributed by atoms with Gasteiger partial charge in [-0.1, -0.05) is 26.0 Å². The maximum absolute atomic E-state index is 8.39. The zero-order valence-electron chi connectivity index (χ0n) is 8.00. The molecule has 0 spiro atoms. The fourth-order valence-electron chi connectivity index (χ4n) is 1.28. The van der Waals surface area contributed by atoms with Crippen LogP contribution in [0.1, 0.15) is 25.0 Å². The summed E-state index contributed by atoms with van der Waals surface area (Å²) in [6, 6.07) is 5.94. The Labute approximate surface area is 78.8 Å². The number of benzene rings is 1. The van der Waals surface area contributed by atoms with Gasteiger partial charge < -0.3 is 4.74 Å². The zero-order chi connectivity index (χ0) is 9.68. The Bertz CT molecular complexity index is 325. The summed E-state index contributed by atoms with van der Waals surface area (Å²) in [5.74, 6) is 0.683. The first kappa shape index (κ1) is 9.60. The van der Waals surface area contributed by atoms with Gasteiger partial charge in [0.15, 0.2) is 0 Å². The van der Waals surface area contributed by atoms with E-state index in [1.54, 1.807) is 6.26 Å². The van der Waals surface area contributed by atoms with Gasteiger partial charge in [0.2, 0.25) is 0 Å². The SMILES string of the molecule is CCc1ccc(OC#N)c(CC)c1. The van der Waals surface area contributed by atoms with Crippen molar-refractivity contribution in [3.63, 3.8) is 0 Å². The number of nitrogens with zero attached hydrogens (tertiary/aromatic N) is 1. The van der Waals surface area contributed by atoms with Gasteiger partial charge in [0.05, 0.1) is 0 Å². The van der Waals surface area contributed by atoms with E-state index in [0.717, 1.165) is 18.4 Å². The molecule has 0 amide bonds. The first-order valence-corrected chi connectivity index (χ1v) is 4.49. The number of rotatable bonds is 3. The Morgan fingerprint density at radius 1 is 1.31 bits per heavy atom. The van der Waals surface area contributed by atoms with Crippen LogP contribution >= 0.6 is 0 Å². The van der Waals surface area contributed by atoms with Crippen LogP contribution in [0.3, 0.4) is 0 Å². The molecule has 2 nitrogen and oxygen atoms in total. The maximum atomic E-state index is 8.39. The van der Waals surface area contributed by atoms with Crippen molar-refractivity contribution in [2.24, 2.45) is 0 Å². The summed E-state index contributed by atoms with van der Waals surface area (Å²) in [5, 5.41) is 8.39. The molecule has 1 aromatic carbocycles. The lowest BCUT2D eigenvalue weighted by atomic mass is 10.1. The molecule has 13 heavy (non-hydrogen) atoms. The highest BCUT2D eigenvalue weighted by Crippen LogP contribution is 2.20. The summed E-state index contributed by atoms with van der Waals surface area (Å²) in [4.78, 5) is 0. The van der Waals surface area contributed by atoms with Crippen molar-refractivity contribution in [1.29, 1.82) is 5.26 Å². The lowest BCUT2D eigenvalue weighted by Crippen LogP contribution is -1.91. The highest BCUT2D eigenvalue weighted by Gasteiger charge is 2.02. The monoisotopic (exact) mass is 175 g/mol. The number of hydrogen-bond acceptors (Lipinski definition) is 2. The second kappa shape index (κ2) is 4.51. The summed E-state index contributed by atoms with van der Waals surface area (Å²) >= 11 is 0. The number of aryl methyl sites for hydroxylation is 2. The predicted molar refractivity (Wildman–Crippen MR) is 51.4 cm³/mol. The van der Waals surface area contributed by atoms with Gasteiger partial charge >= 0.3 is 0 Å². The van der Waals surface area contributed by atoms with Crippen LogP contribution in [0.25, 0.3) is 0 Å². The Morgan fingerprint density at radius 2 is 2.08 bits per heavy atom. The van der Waals surface area contributed by atoms with E-state index in [9.17, 15) is 0 Å². The van der Waals surface area contributed by atoms with Crippen LogP contribution in [-0.4, -0.2) is 0 Å². The molecule has 0 radical (unpaired) electrons. The van der Waals surface area contributed by atoms with E-state index < -0.39 is 0 Å². The molecule has 2 heteroatoms. The summed E-state index contributed by atoms with van der Waals surface area (Å²) < 4.78 is 4.83. The smallest absolute Gasteiger partial charge is 0.292 e. The average Bonchev–Trinajstić information content (AvgIpc) is 2.19. The van der Waals surface area contributed by atoms with Crippen molar-refractivity contribution in [1.82, 2.24) is 0 Å². The molecular weight excluding hydrogens is 162 g/mol. The van der Waals surface area contributed by atoms with Crippen molar-refractivity contribution in [2.45, 2.75) is 26.7 Å². The zero-order valence-corrected chi connectivity index (χ0v) is 8.00. The summed E-state index contributed by atoms with van der Waals surface area (Å²) in [7, 11) is 0. The Hall–Kier alpha value is -1.49. The first-order chi connectivity index (χ1) is 6.31. The first-order valence-electron chi connectivity index (χ1n) is 4.49. The van der Waals surface area contributed by atoms with Crippen LogP contribution in [0.2, 0.25) is 0 Å².